The summed E-state index contributed by atoms with van der Waals surface area (Å²) in [6.45, 7) is 0.469. The summed E-state index contributed by atoms with van der Waals surface area (Å²) in [4.78, 5) is 12.4. The third-order valence-corrected chi connectivity index (χ3v) is 3.85. The number of amides is 1. The number of carbonyl (C=O) groups excluding carboxylic acids is 1. The van der Waals surface area contributed by atoms with E-state index in [0.717, 1.165) is 29.8 Å². The maximum atomic E-state index is 12.4. The van der Waals surface area contributed by atoms with E-state index in [1.54, 1.807) is 4.68 Å². The van der Waals surface area contributed by atoms with Crippen molar-refractivity contribution in [2.75, 3.05) is 5.73 Å². The average Bonchev–Trinajstić information content (AvgIpc) is 3.15. The first-order chi connectivity index (χ1) is 9.60. The molecule has 20 heavy (non-hydrogen) atoms. The van der Waals surface area contributed by atoms with E-state index in [0.29, 0.717) is 6.54 Å². The highest BCUT2D eigenvalue weighted by molar-refractivity contribution is 5.91. The fraction of sp³-hybridized carbons (Fsp3) is 0.333. The molecule has 0 atom stereocenters. The van der Waals surface area contributed by atoms with Gasteiger partial charge in [-0.05, 0) is 36.6 Å². The van der Waals surface area contributed by atoms with Gasteiger partial charge >= 0.3 is 0 Å². The third kappa shape index (κ3) is 2.27. The Hall–Kier alpha value is -2.30. The van der Waals surface area contributed by atoms with E-state index in [4.69, 9.17) is 5.73 Å². The zero-order valence-corrected chi connectivity index (χ0v) is 11.5. The van der Waals surface area contributed by atoms with Gasteiger partial charge in [-0.2, -0.15) is 5.10 Å². The smallest absolute Gasteiger partial charge is 0.230 e. The minimum atomic E-state index is -0.359. The van der Waals surface area contributed by atoms with Crippen molar-refractivity contribution in [3.63, 3.8) is 0 Å². The molecule has 5 heteroatoms. The highest BCUT2D eigenvalue weighted by atomic mass is 16.2. The van der Waals surface area contributed by atoms with E-state index in [1.807, 2.05) is 43.6 Å². The van der Waals surface area contributed by atoms with E-state index < -0.39 is 0 Å². The molecule has 1 saturated carbocycles. The Bertz CT molecular complexity index is 626. The van der Waals surface area contributed by atoms with Gasteiger partial charge in [-0.25, -0.2) is 0 Å². The third-order valence-electron chi connectivity index (χ3n) is 3.85. The van der Waals surface area contributed by atoms with Gasteiger partial charge in [0.05, 0.1) is 17.7 Å². The maximum absolute atomic E-state index is 12.4. The summed E-state index contributed by atoms with van der Waals surface area (Å²) >= 11 is 0. The summed E-state index contributed by atoms with van der Waals surface area (Å²) in [5, 5.41) is 7.24. The van der Waals surface area contributed by atoms with E-state index in [9.17, 15) is 4.79 Å². The standard InChI is InChI=1S/C15H18N4O/c1-19-9-6-13(18-19)10-17-14(20)15(7-8-15)11-2-4-12(16)5-3-11/h2-6,9H,7-8,10,16H2,1H3,(H,17,20). The lowest BCUT2D eigenvalue weighted by Gasteiger charge is -2.15. The normalized spacial score (nSPS) is 15.8. The van der Waals surface area contributed by atoms with Crippen molar-refractivity contribution >= 4 is 11.6 Å². The molecule has 5 nitrogen and oxygen atoms in total. The molecule has 104 valence electrons. The number of benzene rings is 1. The molecule has 2 aromatic rings. The number of hydrogen-bond acceptors (Lipinski definition) is 3. The van der Waals surface area contributed by atoms with Gasteiger partial charge in [0, 0.05) is 18.9 Å². The van der Waals surface area contributed by atoms with Crippen LogP contribution in [0.2, 0.25) is 0 Å². The molecule has 1 aliphatic rings. The molecule has 0 aliphatic heterocycles. The van der Waals surface area contributed by atoms with E-state index in [-0.39, 0.29) is 11.3 Å². The zero-order chi connectivity index (χ0) is 14.2. The first kappa shape index (κ1) is 12.7. The molecular weight excluding hydrogens is 252 g/mol. The van der Waals surface area contributed by atoms with Crippen LogP contribution in [0.3, 0.4) is 0 Å². The van der Waals surface area contributed by atoms with Gasteiger partial charge in [0.2, 0.25) is 5.91 Å². The van der Waals surface area contributed by atoms with Crippen molar-refractivity contribution in [2.24, 2.45) is 7.05 Å². The van der Waals surface area contributed by atoms with Gasteiger partial charge in [0.15, 0.2) is 0 Å². The number of nitrogens with zero attached hydrogens (tertiary/aromatic N) is 2. The van der Waals surface area contributed by atoms with Crippen LogP contribution in [0.1, 0.15) is 24.1 Å². The predicted molar refractivity (Wildman–Crippen MR) is 76.8 cm³/mol. The highest BCUT2D eigenvalue weighted by Crippen LogP contribution is 2.48. The van der Waals surface area contributed by atoms with Gasteiger partial charge in [0.1, 0.15) is 0 Å². The molecule has 0 bridgehead atoms. The zero-order valence-electron chi connectivity index (χ0n) is 11.5. The molecule has 1 heterocycles. The van der Waals surface area contributed by atoms with Gasteiger partial charge < -0.3 is 11.1 Å². The van der Waals surface area contributed by atoms with Crippen LogP contribution in [0, 0.1) is 0 Å². The Balaban J connectivity index is 1.68. The topological polar surface area (TPSA) is 72.9 Å². The molecule has 1 aromatic carbocycles. The van der Waals surface area contributed by atoms with Crippen LogP contribution >= 0.6 is 0 Å². The number of anilines is 1. The second-order valence-electron chi connectivity index (χ2n) is 5.37. The Labute approximate surface area is 117 Å². The summed E-state index contributed by atoms with van der Waals surface area (Å²) < 4.78 is 1.73. The van der Waals surface area contributed by atoms with Crippen LogP contribution in [-0.4, -0.2) is 15.7 Å². The molecule has 3 N–H and O–H groups in total. The molecule has 0 spiro atoms. The number of hydrogen-bond donors (Lipinski definition) is 2. The lowest BCUT2D eigenvalue weighted by molar-refractivity contribution is -0.123. The van der Waals surface area contributed by atoms with E-state index in [1.165, 1.54) is 0 Å². The Kier molecular flexibility index (Phi) is 2.97. The quantitative estimate of drug-likeness (QED) is 0.824. The number of nitrogens with one attached hydrogen (secondary N) is 1. The van der Waals surface area contributed by atoms with Gasteiger partial charge in [-0.3, -0.25) is 9.48 Å². The molecule has 3 rings (SSSR count). The van der Waals surface area contributed by atoms with E-state index in [2.05, 4.69) is 10.4 Å². The molecule has 1 fully saturated rings. The number of aryl methyl sites for hydroxylation is 1. The lowest BCUT2D eigenvalue weighted by atomic mass is 9.95. The minimum absolute atomic E-state index is 0.0768. The first-order valence-corrected chi connectivity index (χ1v) is 6.73. The number of aromatic nitrogens is 2. The number of nitrogens with two attached hydrogens (primary N) is 1. The van der Waals surface area contributed by atoms with Crippen molar-refractivity contribution in [1.29, 1.82) is 0 Å². The minimum Gasteiger partial charge on any atom is -0.399 e. The number of nitrogen functional groups attached to an aromatic ring is 1. The van der Waals surface area contributed by atoms with Gasteiger partial charge in [-0.15, -0.1) is 0 Å². The molecule has 0 radical (unpaired) electrons. The van der Waals surface area contributed by atoms with Crippen LogP contribution in [0.15, 0.2) is 36.5 Å². The Morgan fingerprint density at radius 1 is 1.35 bits per heavy atom. The van der Waals surface area contributed by atoms with Crippen molar-refractivity contribution in [2.45, 2.75) is 24.8 Å². The summed E-state index contributed by atoms with van der Waals surface area (Å²) in [6, 6.07) is 9.50. The molecular formula is C15H18N4O. The lowest BCUT2D eigenvalue weighted by Crippen LogP contribution is -2.34. The first-order valence-electron chi connectivity index (χ1n) is 6.73. The van der Waals surface area contributed by atoms with Crippen molar-refractivity contribution in [1.82, 2.24) is 15.1 Å². The van der Waals surface area contributed by atoms with Crippen LogP contribution in [-0.2, 0) is 23.8 Å². The summed E-state index contributed by atoms with van der Waals surface area (Å²) in [5.74, 6) is 0.0768. The average molecular weight is 270 g/mol. The van der Waals surface area contributed by atoms with Crippen molar-refractivity contribution in [3.8, 4) is 0 Å². The van der Waals surface area contributed by atoms with Crippen molar-refractivity contribution in [3.05, 3.63) is 47.8 Å². The molecule has 1 aromatic heterocycles. The summed E-state index contributed by atoms with van der Waals surface area (Å²) in [5.41, 5.74) is 7.97. The Morgan fingerprint density at radius 2 is 2.05 bits per heavy atom. The van der Waals surface area contributed by atoms with Gasteiger partial charge in [0.25, 0.3) is 0 Å². The number of rotatable bonds is 4. The molecule has 0 unspecified atom stereocenters. The summed E-state index contributed by atoms with van der Waals surface area (Å²) in [6.07, 6.45) is 3.66. The predicted octanol–water partition coefficient (Wildman–Crippen LogP) is 1.35. The second-order valence-corrected chi connectivity index (χ2v) is 5.37. The molecule has 1 aliphatic carbocycles. The second kappa shape index (κ2) is 4.67. The number of carbonyl (C=O) groups is 1. The fourth-order valence-corrected chi connectivity index (χ4v) is 2.47. The Morgan fingerprint density at radius 3 is 2.60 bits per heavy atom. The molecule has 0 saturated heterocycles. The highest BCUT2D eigenvalue weighted by Gasteiger charge is 2.51. The van der Waals surface area contributed by atoms with Crippen LogP contribution in [0.25, 0.3) is 0 Å². The summed E-state index contributed by atoms with van der Waals surface area (Å²) in [7, 11) is 1.86. The van der Waals surface area contributed by atoms with Gasteiger partial charge in [-0.1, -0.05) is 12.1 Å². The maximum Gasteiger partial charge on any atom is 0.230 e. The van der Waals surface area contributed by atoms with Crippen LogP contribution in [0.4, 0.5) is 5.69 Å². The van der Waals surface area contributed by atoms with Crippen LogP contribution < -0.4 is 11.1 Å². The fourth-order valence-electron chi connectivity index (χ4n) is 2.47. The molecule has 1 amide bonds. The monoisotopic (exact) mass is 270 g/mol. The van der Waals surface area contributed by atoms with Crippen molar-refractivity contribution < 1.29 is 4.79 Å². The SMILES string of the molecule is Cn1ccc(CNC(=O)C2(c3ccc(N)cc3)CC2)n1. The van der Waals surface area contributed by atoms with Crippen LogP contribution in [0.5, 0.6) is 0 Å². The van der Waals surface area contributed by atoms with E-state index >= 15 is 0 Å². The largest absolute Gasteiger partial charge is 0.399 e.